The summed E-state index contributed by atoms with van der Waals surface area (Å²) in [5.41, 5.74) is 0. The van der Waals surface area contributed by atoms with Crippen molar-refractivity contribution in [3.63, 3.8) is 0 Å². The van der Waals surface area contributed by atoms with Crippen molar-refractivity contribution < 1.29 is 28.5 Å². The van der Waals surface area contributed by atoms with Crippen LogP contribution in [0.5, 0.6) is 0 Å². The summed E-state index contributed by atoms with van der Waals surface area (Å²) in [4.78, 5) is 0. The maximum absolute atomic E-state index is 3.60. The zero-order chi connectivity index (χ0) is 12.3. The number of hydrogen-bond donors (Lipinski definition) is 0. The smallest absolute Gasteiger partial charge is 0.0883 e. The van der Waals surface area contributed by atoms with Crippen LogP contribution < -0.4 is 24.0 Å². The van der Waals surface area contributed by atoms with Gasteiger partial charge in [0.05, 0.1) is 32.0 Å². The molecule has 0 aliphatic carbocycles. The van der Waals surface area contributed by atoms with E-state index in [1.807, 2.05) is 0 Å². The molecule has 0 fully saturated rings. The zero-order valence-corrected chi connectivity index (χ0v) is 15.7. The Kier molecular flexibility index (Phi) is 16.4. The van der Waals surface area contributed by atoms with Gasteiger partial charge in [-0.25, -0.2) is 0 Å². The van der Waals surface area contributed by atoms with E-state index in [1.54, 1.807) is 0 Å². The maximum Gasteiger partial charge on any atom is 0.0883 e. The fraction of sp³-hybridized carbons (Fsp3) is 1.00. The van der Waals surface area contributed by atoms with Gasteiger partial charge in [-0.2, -0.15) is 0 Å². The lowest BCUT2D eigenvalue weighted by Gasteiger charge is -2.34. The molecule has 0 aliphatic heterocycles. The average Bonchev–Trinajstić information content (AvgIpc) is 2.25. The van der Waals surface area contributed by atoms with Gasteiger partial charge in [-0.1, -0.05) is 49.0 Å². The second-order valence-electron chi connectivity index (χ2n) is 5.25. The lowest BCUT2D eigenvalue weighted by atomic mass is 10.1. The molecule has 0 bridgehead atoms. The molecule has 0 heterocycles. The number of unbranched alkanes of at least 4 members (excludes halogenated alkanes) is 5. The first kappa shape index (κ1) is 20.5. The van der Waals surface area contributed by atoms with E-state index in [-0.39, 0.29) is 24.0 Å². The minimum Gasteiger partial charge on any atom is -1.00 e. The highest BCUT2D eigenvalue weighted by Gasteiger charge is 2.19. The molecule has 106 valence electrons. The molecule has 1 nitrogen and oxygen atoms in total. The summed E-state index contributed by atoms with van der Waals surface area (Å²) in [6, 6.07) is 0. The summed E-state index contributed by atoms with van der Waals surface area (Å²) in [6.07, 6.45) is 9.70. The lowest BCUT2D eigenvalue weighted by Crippen LogP contribution is -3.00. The van der Waals surface area contributed by atoms with Crippen molar-refractivity contribution in [3.05, 3.63) is 0 Å². The first-order chi connectivity index (χ1) is 7.68. The highest BCUT2D eigenvalue weighted by molar-refractivity contribution is 9.09. The third-order valence-corrected chi connectivity index (χ3v) is 3.83. The Hall–Kier alpha value is 1.17. The summed E-state index contributed by atoms with van der Waals surface area (Å²) in [6.45, 7) is 8.60. The highest BCUT2D eigenvalue weighted by Crippen LogP contribution is 2.11. The average molecular weight is 420 g/mol. The maximum atomic E-state index is 3.60. The van der Waals surface area contributed by atoms with Crippen molar-refractivity contribution in [3.8, 4) is 0 Å². The van der Waals surface area contributed by atoms with Crippen LogP contribution in [0.4, 0.5) is 0 Å². The minimum atomic E-state index is 0. The van der Waals surface area contributed by atoms with Gasteiger partial charge in [0.1, 0.15) is 0 Å². The van der Waals surface area contributed by atoms with Crippen molar-refractivity contribution in [2.24, 2.45) is 0 Å². The fourth-order valence-corrected chi connectivity index (χ4v) is 3.06. The molecule has 0 aromatic carbocycles. The van der Waals surface area contributed by atoms with Gasteiger partial charge in [-0.05, 0) is 25.7 Å². The summed E-state index contributed by atoms with van der Waals surface area (Å²) >= 11 is 3.60. The van der Waals surface area contributed by atoms with Crippen molar-refractivity contribution >= 4 is 15.9 Å². The van der Waals surface area contributed by atoms with Gasteiger partial charge < -0.3 is 28.5 Å². The Balaban J connectivity index is 0. The summed E-state index contributed by atoms with van der Waals surface area (Å²) < 4.78 is 1.27. The number of alkyl halides is 1. The molecule has 0 aromatic heterocycles. The molecule has 0 saturated heterocycles. The van der Waals surface area contributed by atoms with Gasteiger partial charge in [-0.3, -0.25) is 0 Å². The number of halogens is 2. The molecular weight excluding hydrogens is 389 g/mol. The molecule has 1 unspecified atom stereocenters. The topological polar surface area (TPSA) is 0 Å². The number of quaternary nitrogens is 1. The lowest BCUT2D eigenvalue weighted by molar-refractivity contribution is -0.907. The zero-order valence-electron chi connectivity index (χ0n) is 12.0. The summed E-state index contributed by atoms with van der Waals surface area (Å²) in [5.74, 6) is 0. The Bertz CT molecular complexity index is 155. The van der Waals surface area contributed by atoms with E-state index in [0.717, 1.165) is 5.33 Å². The third kappa shape index (κ3) is 12.0. The Morgan fingerprint density at radius 2 is 1.24 bits per heavy atom. The van der Waals surface area contributed by atoms with Crippen molar-refractivity contribution in [2.45, 2.75) is 58.8 Å². The molecule has 0 radical (unpaired) electrons. The van der Waals surface area contributed by atoms with E-state index in [1.165, 1.54) is 69.1 Å². The molecule has 0 aromatic rings. The standard InChI is InChI=1S/C14H31BrN.HI/c1-4-6-8-10-13-16(3,14-11-15)12-9-7-5-2;/h4-14H2,1-3H3;1H/q+1;/p-1. The SMILES string of the molecule is CCCCCC[N+](C)(CCBr)CCCCC.[I-]. The molecule has 0 amide bonds. The van der Waals surface area contributed by atoms with Gasteiger partial charge in [0.25, 0.3) is 0 Å². The van der Waals surface area contributed by atoms with Crippen LogP contribution in [0.2, 0.25) is 0 Å². The van der Waals surface area contributed by atoms with Crippen LogP contribution in [0.1, 0.15) is 58.8 Å². The molecule has 17 heavy (non-hydrogen) atoms. The van der Waals surface area contributed by atoms with E-state index in [9.17, 15) is 0 Å². The molecular formula is C14H31BrIN. The molecule has 0 aliphatic rings. The second kappa shape index (κ2) is 13.6. The van der Waals surface area contributed by atoms with Crippen LogP contribution in [-0.2, 0) is 0 Å². The Morgan fingerprint density at radius 1 is 0.765 bits per heavy atom. The largest absolute Gasteiger partial charge is 1.00 e. The minimum absolute atomic E-state index is 0. The number of rotatable bonds is 11. The fourth-order valence-electron chi connectivity index (χ4n) is 2.20. The molecule has 0 saturated carbocycles. The van der Waals surface area contributed by atoms with E-state index in [4.69, 9.17) is 0 Å². The van der Waals surface area contributed by atoms with E-state index >= 15 is 0 Å². The van der Waals surface area contributed by atoms with Crippen LogP contribution in [-0.4, -0.2) is 36.5 Å². The van der Waals surface area contributed by atoms with Gasteiger partial charge in [0.2, 0.25) is 0 Å². The number of hydrogen-bond acceptors (Lipinski definition) is 0. The first-order valence-electron chi connectivity index (χ1n) is 7.08. The number of nitrogens with zero attached hydrogens (tertiary/aromatic N) is 1. The molecule has 3 heteroatoms. The van der Waals surface area contributed by atoms with Gasteiger partial charge >= 0.3 is 0 Å². The molecule has 0 rings (SSSR count). The van der Waals surface area contributed by atoms with Gasteiger partial charge in [0.15, 0.2) is 0 Å². The normalized spacial score (nSPS) is 14.1. The molecule has 0 N–H and O–H groups in total. The van der Waals surface area contributed by atoms with Gasteiger partial charge in [0, 0.05) is 0 Å². The molecule has 0 spiro atoms. The van der Waals surface area contributed by atoms with Crippen LogP contribution in [0.25, 0.3) is 0 Å². The van der Waals surface area contributed by atoms with Crippen LogP contribution >= 0.6 is 15.9 Å². The quantitative estimate of drug-likeness (QED) is 0.206. The van der Waals surface area contributed by atoms with Crippen LogP contribution in [0.3, 0.4) is 0 Å². The van der Waals surface area contributed by atoms with Crippen molar-refractivity contribution in [1.29, 1.82) is 0 Å². The Labute approximate surface area is 134 Å². The third-order valence-electron chi connectivity index (χ3n) is 3.48. The highest BCUT2D eigenvalue weighted by atomic mass is 127. The van der Waals surface area contributed by atoms with Crippen LogP contribution in [0, 0.1) is 0 Å². The first-order valence-corrected chi connectivity index (χ1v) is 8.20. The predicted molar refractivity (Wildman–Crippen MR) is 78.2 cm³/mol. The predicted octanol–water partition coefficient (Wildman–Crippen LogP) is 1.60. The second-order valence-corrected chi connectivity index (χ2v) is 6.04. The van der Waals surface area contributed by atoms with E-state index in [2.05, 4.69) is 36.8 Å². The van der Waals surface area contributed by atoms with Crippen LogP contribution in [0.15, 0.2) is 0 Å². The van der Waals surface area contributed by atoms with E-state index in [0.29, 0.717) is 0 Å². The summed E-state index contributed by atoms with van der Waals surface area (Å²) in [5, 5.41) is 1.14. The van der Waals surface area contributed by atoms with E-state index < -0.39 is 0 Å². The molecule has 1 atom stereocenters. The van der Waals surface area contributed by atoms with Crippen molar-refractivity contribution in [1.82, 2.24) is 0 Å². The Morgan fingerprint density at radius 3 is 1.71 bits per heavy atom. The van der Waals surface area contributed by atoms with Crippen molar-refractivity contribution in [2.75, 3.05) is 32.0 Å². The summed E-state index contributed by atoms with van der Waals surface area (Å²) in [7, 11) is 2.43. The van der Waals surface area contributed by atoms with Gasteiger partial charge in [-0.15, -0.1) is 0 Å². The monoisotopic (exact) mass is 419 g/mol.